The number of carbonyl (C=O) groups excluding carboxylic acids is 2. The summed E-state index contributed by atoms with van der Waals surface area (Å²) >= 11 is 6.35. The Morgan fingerprint density at radius 3 is 2.67 bits per heavy atom. The fraction of sp³-hybridized carbons (Fsp3) is 0.421. The predicted octanol–water partition coefficient (Wildman–Crippen LogP) is 3.49. The quantitative estimate of drug-likeness (QED) is 0.370. The number of carbonyl (C=O) groups is 2. The van der Waals surface area contributed by atoms with Gasteiger partial charge in [-0.05, 0) is 36.6 Å². The van der Waals surface area contributed by atoms with E-state index in [0.29, 0.717) is 39.9 Å². The number of rotatable bonds is 8. The topological polar surface area (TPSA) is 65.1 Å². The first kappa shape index (κ1) is 21.2. The zero-order valence-electron chi connectivity index (χ0n) is 15.8. The van der Waals surface area contributed by atoms with Crippen LogP contribution in [0.4, 0.5) is 0 Å². The highest BCUT2D eigenvalue weighted by atomic mass is 32.2. The summed E-state index contributed by atoms with van der Waals surface area (Å²) in [5.41, 5.74) is 0.786. The molecule has 0 saturated carbocycles. The van der Waals surface area contributed by atoms with Crippen molar-refractivity contribution in [2.24, 2.45) is 5.92 Å². The summed E-state index contributed by atoms with van der Waals surface area (Å²) in [6.07, 6.45) is 1.73. The highest BCUT2D eigenvalue weighted by Crippen LogP contribution is 2.35. The molecule has 1 heterocycles. The maximum absolute atomic E-state index is 12.5. The lowest BCUT2D eigenvalue weighted by molar-refractivity contribution is -0.143. The minimum atomic E-state index is -0.516. The molecule has 146 valence electrons. The van der Waals surface area contributed by atoms with Crippen molar-refractivity contribution in [2.75, 3.05) is 26.9 Å². The van der Waals surface area contributed by atoms with Crippen molar-refractivity contribution >= 4 is 46.3 Å². The second-order valence-corrected chi connectivity index (χ2v) is 7.86. The van der Waals surface area contributed by atoms with Gasteiger partial charge in [0.15, 0.2) is 11.5 Å². The Labute approximate surface area is 168 Å². The predicted molar refractivity (Wildman–Crippen MR) is 110 cm³/mol. The van der Waals surface area contributed by atoms with Crippen molar-refractivity contribution in [3.05, 3.63) is 28.7 Å². The number of hydrogen-bond donors (Lipinski definition) is 0. The monoisotopic (exact) mass is 409 g/mol. The van der Waals surface area contributed by atoms with Crippen LogP contribution in [0, 0.1) is 5.92 Å². The summed E-state index contributed by atoms with van der Waals surface area (Å²) in [6.45, 7) is 6.95. The number of benzene rings is 1. The molecule has 1 aromatic carbocycles. The zero-order valence-corrected chi connectivity index (χ0v) is 17.4. The van der Waals surface area contributed by atoms with Gasteiger partial charge in [0.2, 0.25) is 0 Å². The van der Waals surface area contributed by atoms with Gasteiger partial charge in [0.05, 0.1) is 25.2 Å². The molecule has 1 aliphatic heterocycles. The first-order valence-corrected chi connectivity index (χ1v) is 9.80. The number of thiocarbonyl (C=S) groups is 1. The number of amides is 1. The van der Waals surface area contributed by atoms with E-state index in [1.807, 2.05) is 25.1 Å². The molecule has 27 heavy (non-hydrogen) atoms. The van der Waals surface area contributed by atoms with Crippen LogP contribution in [0.5, 0.6) is 11.5 Å². The minimum absolute atomic E-state index is 0.190. The molecule has 0 N–H and O–H groups in total. The third kappa shape index (κ3) is 5.71. The Bertz CT molecular complexity index is 760. The zero-order chi connectivity index (χ0) is 20.0. The number of methoxy groups -OCH3 is 1. The number of thioether (sulfide) groups is 1. The summed E-state index contributed by atoms with van der Waals surface area (Å²) in [5.74, 6) is 0.861. The first-order valence-electron chi connectivity index (χ1n) is 8.57. The van der Waals surface area contributed by atoms with Gasteiger partial charge in [-0.15, -0.1) is 0 Å². The molecule has 1 aromatic rings. The van der Waals surface area contributed by atoms with Gasteiger partial charge in [-0.3, -0.25) is 14.5 Å². The van der Waals surface area contributed by atoms with Crippen molar-refractivity contribution in [2.45, 2.75) is 20.8 Å². The van der Waals surface area contributed by atoms with Gasteiger partial charge in [0, 0.05) is 0 Å². The van der Waals surface area contributed by atoms with E-state index in [0.717, 1.165) is 17.3 Å². The minimum Gasteiger partial charge on any atom is -0.490 e. The molecular formula is C19H23NO5S2. The molecule has 1 amide bonds. The summed E-state index contributed by atoms with van der Waals surface area (Å²) in [5, 5.41) is 0. The van der Waals surface area contributed by atoms with Crippen LogP contribution in [-0.4, -0.2) is 48.0 Å². The number of esters is 1. The van der Waals surface area contributed by atoms with E-state index in [4.69, 9.17) is 21.7 Å². The van der Waals surface area contributed by atoms with Gasteiger partial charge in [-0.2, -0.15) is 0 Å². The highest BCUT2D eigenvalue weighted by molar-refractivity contribution is 8.26. The van der Waals surface area contributed by atoms with E-state index in [9.17, 15) is 9.59 Å². The van der Waals surface area contributed by atoms with E-state index in [1.165, 1.54) is 12.0 Å². The van der Waals surface area contributed by atoms with Gasteiger partial charge >= 0.3 is 5.97 Å². The van der Waals surface area contributed by atoms with Crippen molar-refractivity contribution in [3.8, 4) is 11.5 Å². The molecule has 0 atom stereocenters. The van der Waals surface area contributed by atoms with Gasteiger partial charge in [-0.1, -0.05) is 43.9 Å². The van der Waals surface area contributed by atoms with Crippen molar-refractivity contribution in [1.82, 2.24) is 4.90 Å². The second kappa shape index (κ2) is 9.75. The molecule has 1 saturated heterocycles. The molecular weight excluding hydrogens is 386 g/mol. The first-order chi connectivity index (χ1) is 12.8. The van der Waals surface area contributed by atoms with Crippen LogP contribution in [0.15, 0.2) is 23.1 Å². The maximum atomic E-state index is 12.5. The largest absolute Gasteiger partial charge is 0.490 e. The lowest BCUT2D eigenvalue weighted by atomic mass is 10.1. The standard InChI is InChI=1S/C19H23NO5S2/c1-5-24-15-8-13(6-7-14(15)25-11-12(2)3)9-16-18(22)20(19(26)27-16)10-17(21)23-4/h6-9,12H,5,10-11H2,1-4H3/b16-9-. The van der Waals surface area contributed by atoms with E-state index in [1.54, 1.807) is 6.08 Å². The average molecular weight is 410 g/mol. The highest BCUT2D eigenvalue weighted by Gasteiger charge is 2.33. The lowest BCUT2D eigenvalue weighted by Gasteiger charge is -2.14. The van der Waals surface area contributed by atoms with Gasteiger partial charge in [0.25, 0.3) is 5.91 Å². The number of hydrogen-bond acceptors (Lipinski definition) is 7. The smallest absolute Gasteiger partial charge is 0.325 e. The van der Waals surface area contributed by atoms with Crippen LogP contribution in [-0.2, 0) is 14.3 Å². The lowest BCUT2D eigenvalue weighted by Crippen LogP contribution is -2.33. The molecule has 1 fully saturated rings. The second-order valence-electron chi connectivity index (χ2n) is 6.19. The maximum Gasteiger partial charge on any atom is 0.325 e. The van der Waals surface area contributed by atoms with Crippen molar-refractivity contribution < 1.29 is 23.8 Å². The van der Waals surface area contributed by atoms with Crippen LogP contribution in [0.2, 0.25) is 0 Å². The van der Waals surface area contributed by atoms with E-state index < -0.39 is 5.97 Å². The molecule has 0 bridgehead atoms. The molecule has 0 aliphatic carbocycles. The Morgan fingerprint density at radius 1 is 1.30 bits per heavy atom. The summed E-state index contributed by atoms with van der Waals surface area (Å²) in [4.78, 5) is 25.6. The number of ether oxygens (including phenoxy) is 3. The van der Waals surface area contributed by atoms with Gasteiger partial charge in [0.1, 0.15) is 10.9 Å². The Kier molecular flexibility index (Phi) is 7.67. The fourth-order valence-corrected chi connectivity index (χ4v) is 3.49. The molecule has 0 aromatic heterocycles. The Morgan fingerprint density at radius 2 is 2.04 bits per heavy atom. The van der Waals surface area contributed by atoms with Crippen LogP contribution in [0.1, 0.15) is 26.3 Å². The van der Waals surface area contributed by atoms with Crippen molar-refractivity contribution in [3.63, 3.8) is 0 Å². The third-order valence-corrected chi connectivity index (χ3v) is 4.90. The van der Waals surface area contributed by atoms with Crippen molar-refractivity contribution in [1.29, 1.82) is 0 Å². The number of nitrogens with zero attached hydrogens (tertiary/aromatic N) is 1. The molecule has 6 nitrogen and oxygen atoms in total. The van der Waals surface area contributed by atoms with E-state index in [-0.39, 0.29) is 12.5 Å². The fourth-order valence-electron chi connectivity index (χ4n) is 2.24. The van der Waals surface area contributed by atoms with E-state index in [2.05, 4.69) is 18.6 Å². The van der Waals surface area contributed by atoms with E-state index >= 15 is 0 Å². The Balaban J connectivity index is 2.22. The third-order valence-electron chi connectivity index (χ3n) is 3.53. The summed E-state index contributed by atoms with van der Waals surface area (Å²) in [7, 11) is 1.27. The molecule has 2 rings (SSSR count). The van der Waals surface area contributed by atoms with Crippen LogP contribution in [0.3, 0.4) is 0 Å². The Hall–Kier alpha value is -2.06. The molecule has 8 heteroatoms. The van der Waals surface area contributed by atoms with Gasteiger partial charge < -0.3 is 14.2 Å². The van der Waals surface area contributed by atoms with Crippen LogP contribution in [0.25, 0.3) is 6.08 Å². The van der Waals surface area contributed by atoms with Crippen LogP contribution < -0.4 is 9.47 Å². The molecule has 0 radical (unpaired) electrons. The molecule has 0 spiro atoms. The summed E-state index contributed by atoms with van der Waals surface area (Å²) in [6, 6.07) is 5.51. The normalized spacial score (nSPS) is 15.6. The van der Waals surface area contributed by atoms with Gasteiger partial charge in [-0.25, -0.2) is 0 Å². The molecule has 0 unspecified atom stereocenters. The molecule has 1 aliphatic rings. The SMILES string of the molecule is CCOc1cc(/C=C2\SC(=S)N(CC(=O)OC)C2=O)ccc1OCC(C)C. The summed E-state index contributed by atoms with van der Waals surface area (Å²) < 4.78 is 16.4. The van der Waals surface area contributed by atoms with Crippen LogP contribution >= 0.6 is 24.0 Å². The average Bonchev–Trinajstić information content (AvgIpc) is 2.88.